The number of nitrogens with two attached hydrogens (primary N) is 1. The molecule has 3 aromatic rings. The quantitative estimate of drug-likeness (QED) is 0.506. The summed E-state index contributed by atoms with van der Waals surface area (Å²) >= 11 is 0. The number of benzene rings is 1. The van der Waals surface area contributed by atoms with Crippen LogP contribution in [0, 0.1) is 0 Å². The second kappa shape index (κ2) is 11.2. The Morgan fingerprint density at radius 3 is 2.59 bits per heavy atom. The first-order valence-corrected chi connectivity index (χ1v) is 12.2. The SMILES string of the molecule is Nc1ncc(-c2cc(OC3CCN(C(=O)OCc4ccccc4)CC3)nc(N3CCOCC3)n2)c(=O)[nH]1. The lowest BCUT2D eigenvalue weighted by atomic mass is 10.1. The lowest BCUT2D eigenvalue weighted by Gasteiger charge is -2.31. The van der Waals surface area contributed by atoms with Crippen LogP contribution in [0.4, 0.5) is 16.7 Å². The molecular formula is C25H29N7O5. The molecule has 5 rings (SSSR count). The zero-order chi connectivity index (χ0) is 25.6. The molecule has 12 heteroatoms. The molecule has 2 aliphatic heterocycles. The Morgan fingerprint density at radius 2 is 1.86 bits per heavy atom. The molecule has 194 valence electrons. The molecule has 0 unspecified atom stereocenters. The maximum atomic E-state index is 12.5. The first kappa shape index (κ1) is 24.5. The minimum atomic E-state index is -0.396. The number of H-pyrrole nitrogens is 1. The molecule has 2 aromatic heterocycles. The largest absolute Gasteiger partial charge is 0.474 e. The lowest BCUT2D eigenvalue weighted by molar-refractivity contribution is 0.0625. The summed E-state index contributed by atoms with van der Waals surface area (Å²) in [5.74, 6) is 0.837. The normalized spacial score (nSPS) is 16.4. The molecule has 2 aliphatic rings. The molecule has 1 aromatic carbocycles. The van der Waals surface area contributed by atoms with Gasteiger partial charge in [0, 0.05) is 51.3 Å². The Morgan fingerprint density at radius 1 is 1.11 bits per heavy atom. The number of nitrogen functional groups attached to an aromatic ring is 1. The van der Waals surface area contributed by atoms with Crippen LogP contribution < -0.4 is 20.9 Å². The van der Waals surface area contributed by atoms with Gasteiger partial charge >= 0.3 is 6.09 Å². The molecule has 0 radical (unpaired) electrons. The maximum Gasteiger partial charge on any atom is 0.410 e. The van der Waals surface area contributed by atoms with Gasteiger partial charge in [-0.2, -0.15) is 4.98 Å². The molecule has 12 nitrogen and oxygen atoms in total. The Labute approximate surface area is 213 Å². The first-order valence-electron chi connectivity index (χ1n) is 12.2. The van der Waals surface area contributed by atoms with E-state index in [0.29, 0.717) is 69.8 Å². The molecule has 37 heavy (non-hydrogen) atoms. The van der Waals surface area contributed by atoms with Crippen molar-refractivity contribution in [3.63, 3.8) is 0 Å². The minimum Gasteiger partial charge on any atom is -0.474 e. The number of ether oxygens (including phenoxy) is 3. The number of hydrogen-bond donors (Lipinski definition) is 2. The zero-order valence-corrected chi connectivity index (χ0v) is 20.3. The monoisotopic (exact) mass is 507 g/mol. The van der Waals surface area contributed by atoms with E-state index in [9.17, 15) is 9.59 Å². The van der Waals surface area contributed by atoms with Gasteiger partial charge in [0.25, 0.3) is 5.56 Å². The third-order valence-electron chi connectivity index (χ3n) is 6.27. The van der Waals surface area contributed by atoms with Gasteiger partial charge in [0.15, 0.2) is 5.95 Å². The van der Waals surface area contributed by atoms with Crippen LogP contribution in [0.3, 0.4) is 0 Å². The topological polar surface area (TPSA) is 149 Å². The smallest absolute Gasteiger partial charge is 0.410 e. The number of nitrogens with zero attached hydrogens (tertiary/aromatic N) is 5. The van der Waals surface area contributed by atoms with E-state index in [1.807, 2.05) is 35.2 Å². The van der Waals surface area contributed by atoms with E-state index in [1.54, 1.807) is 11.0 Å². The van der Waals surface area contributed by atoms with Crippen molar-refractivity contribution in [2.24, 2.45) is 0 Å². The number of rotatable bonds is 6. The third-order valence-corrected chi connectivity index (χ3v) is 6.27. The van der Waals surface area contributed by atoms with Gasteiger partial charge in [-0.1, -0.05) is 30.3 Å². The van der Waals surface area contributed by atoms with Crippen molar-refractivity contribution in [3.05, 3.63) is 58.5 Å². The highest BCUT2D eigenvalue weighted by atomic mass is 16.6. The van der Waals surface area contributed by atoms with Crippen molar-refractivity contribution < 1.29 is 19.0 Å². The van der Waals surface area contributed by atoms with Crippen LogP contribution in [0.5, 0.6) is 5.88 Å². The van der Waals surface area contributed by atoms with Crippen LogP contribution in [-0.4, -0.2) is 76.4 Å². The number of aromatic nitrogens is 4. The summed E-state index contributed by atoms with van der Waals surface area (Å²) in [7, 11) is 0. The molecule has 0 saturated carbocycles. The Kier molecular flexibility index (Phi) is 7.45. The first-order chi connectivity index (χ1) is 18.0. The van der Waals surface area contributed by atoms with Crippen LogP contribution in [-0.2, 0) is 16.1 Å². The van der Waals surface area contributed by atoms with E-state index in [1.165, 1.54) is 6.20 Å². The Balaban J connectivity index is 1.26. The highest BCUT2D eigenvalue weighted by Gasteiger charge is 2.26. The fourth-order valence-corrected chi connectivity index (χ4v) is 4.24. The van der Waals surface area contributed by atoms with Crippen molar-refractivity contribution in [2.45, 2.75) is 25.6 Å². The highest BCUT2D eigenvalue weighted by Crippen LogP contribution is 2.25. The Hall–Kier alpha value is -4.19. The van der Waals surface area contributed by atoms with Crippen LogP contribution in [0.2, 0.25) is 0 Å². The van der Waals surface area contributed by atoms with Crippen molar-refractivity contribution in [1.29, 1.82) is 0 Å². The number of hydrogen-bond acceptors (Lipinski definition) is 10. The number of anilines is 2. The van der Waals surface area contributed by atoms with Crippen LogP contribution in [0.1, 0.15) is 18.4 Å². The van der Waals surface area contributed by atoms with Gasteiger partial charge in [-0.25, -0.2) is 14.8 Å². The van der Waals surface area contributed by atoms with Gasteiger partial charge in [0.1, 0.15) is 12.7 Å². The number of carbonyl (C=O) groups excluding carboxylic acids is 1. The summed E-state index contributed by atoms with van der Waals surface area (Å²) in [5, 5.41) is 0. The summed E-state index contributed by atoms with van der Waals surface area (Å²) in [4.78, 5) is 44.4. The molecule has 1 amide bonds. The van der Waals surface area contributed by atoms with Gasteiger partial charge in [-0.05, 0) is 5.56 Å². The second-order valence-corrected chi connectivity index (χ2v) is 8.85. The Bertz CT molecular complexity index is 1270. The molecule has 0 bridgehead atoms. The van der Waals surface area contributed by atoms with Gasteiger partial charge in [0.2, 0.25) is 11.8 Å². The van der Waals surface area contributed by atoms with E-state index in [-0.39, 0.29) is 30.3 Å². The summed E-state index contributed by atoms with van der Waals surface area (Å²) in [6.07, 6.45) is 2.15. The van der Waals surface area contributed by atoms with E-state index in [0.717, 1.165) is 5.56 Å². The maximum absolute atomic E-state index is 12.5. The predicted octanol–water partition coefficient (Wildman–Crippen LogP) is 1.83. The second-order valence-electron chi connectivity index (χ2n) is 8.85. The summed E-state index contributed by atoms with van der Waals surface area (Å²) < 4.78 is 17.1. The van der Waals surface area contributed by atoms with E-state index < -0.39 is 5.56 Å². The lowest BCUT2D eigenvalue weighted by Crippen LogP contribution is -2.42. The molecule has 4 heterocycles. The standard InChI is InChI=1S/C25H29N7O5/c26-23-27-15-19(22(33)30-23)20-14-21(29-24(28-20)31-10-12-35-13-11-31)37-18-6-8-32(9-7-18)25(34)36-16-17-4-2-1-3-5-17/h1-5,14-15,18H,6-13,16H2,(H3,26,27,30,33). The number of amides is 1. The number of morpholine rings is 1. The van der Waals surface area contributed by atoms with Crippen LogP contribution in [0.25, 0.3) is 11.3 Å². The predicted molar refractivity (Wildman–Crippen MR) is 135 cm³/mol. The zero-order valence-electron chi connectivity index (χ0n) is 20.3. The average molecular weight is 508 g/mol. The molecule has 2 saturated heterocycles. The number of likely N-dealkylation sites (tertiary alicyclic amines) is 1. The highest BCUT2D eigenvalue weighted by molar-refractivity contribution is 5.67. The van der Waals surface area contributed by atoms with Crippen molar-refractivity contribution >= 4 is 18.0 Å². The third kappa shape index (κ3) is 6.15. The van der Waals surface area contributed by atoms with Gasteiger partial charge in [-0.15, -0.1) is 0 Å². The van der Waals surface area contributed by atoms with Crippen molar-refractivity contribution in [3.8, 4) is 17.1 Å². The van der Waals surface area contributed by atoms with Gasteiger partial charge in [-0.3, -0.25) is 9.78 Å². The van der Waals surface area contributed by atoms with Gasteiger partial charge < -0.3 is 29.7 Å². The van der Waals surface area contributed by atoms with E-state index in [4.69, 9.17) is 19.9 Å². The number of carbonyl (C=O) groups is 1. The minimum absolute atomic E-state index is 0.0294. The summed E-state index contributed by atoms with van der Waals surface area (Å²) in [5.41, 5.74) is 6.81. The summed E-state index contributed by atoms with van der Waals surface area (Å²) in [6.45, 7) is 3.64. The van der Waals surface area contributed by atoms with Gasteiger partial charge in [0.05, 0.1) is 24.5 Å². The molecule has 0 aliphatic carbocycles. The number of nitrogens with one attached hydrogen (secondary N) is 1. The molecule has 0 atom stereocenters. The van der Waals surface area contributed by atoms with Crippen molar-refractivity contribution in [2.75, 3.05) is 50.0 Å². The van der Waals surface area contributed by atoms with Crippen LogP contribution in [0.15, 0.2) is 47.4 Å². The number of aromatic amines is 1. The molecular weight excluding hydrogens is 478 g/mol. The number of piperidine rings is 1. The van der Waals surface area contributed by atoms with Crippen LogP contribution >= 0.6 is 0 Å². The summed E-state index contributed by atoms with van der Waals surface area (Å²) in [6, 6.07) is 11.2. The van der Waals surface area contributed by atoms with E-state index >= 15 is 0 Å². The van der Waals surface area contributed by atoms with Crippen molar-refractivity contribution in [1.82, 2.24) is 24.8 Å². The van der Waals surface area contributed by atoms with E-state index in [2.05, 4.69) is 19.9 Å². The molecule has 3 N–H and O–H groups in total. The fraction of sp³-hybridized carbons (Fsp3) is 0.400. The fourth-order valence-electron chi connectivity index (χ4n) is 4.24. The molecule has 2 fully saturated rings. The molecule has 0 spiro atoms. The average Bonchev–Trinajstić information content (AvgIpc) is 2.93.